The Hall–Kier alpha value is -3.46. The van der Waals surface area contributed by atoms with Crippen LogP contribution in [0.2, 0.25) is 0 Å². The smallest absolute Gasteiger partial charge is 0.323 e. The summed E-state index contributed by atoms with van der Waals surface area (Å²) in [6, 6.07) is 10.7. The molecule has 2 aromatic carbocycles. The second kappa shape index (κ2) is 11.5. The quantitative estimate of drug-likeness (QED) is 0.514. The van der Waals surface area contributed by atoms with Crippen LogP contribution >= 0.6 is 0 Å². The number of hydrazone groups is 1. The standard InChI is InChI=1S/C27H32FN3O5/c1-4-36-27(33)23-7-5-6-14-30(23)17-26(32)31-24(18-8-10-19(28)11-9-18)16-22(29-31)21-13-12-20(34-2)15-25(21)35-3/h8-13,15,23-24H,4-7,14,16-17H2,1-3H3/t23-,24-/m0/s1. The molecular weight excluding hydrogens is 465 g/mol. The van der Waals surface area contributed by atoms with Crippen LogP contribution in [-0.2, 0) is 14.3 Å². The van der Waals surface area contributed by atoms with Gasteiger partial charge < -0.3 is 14.2 Å². The maximum Gasteiger partial charge on any atom is 0.323 e. The number of halogens is 1. The lowest BCUT2D eigenvalue weighted by atomic mass is 9.97. The third-order valence-electron chi connectivity index (χ3n) is 6.65. The summed E-state index contributed by atoms with van der Waals surface area (Å²) in [5.41, 5.74) is 2.21. The highest BCUT2D eigenvalue weighted by molar-refractivity contribution is 6.05. The zero-order valence-electron chi connectivity index (χ0n) is 20.9. The van der Waals surface area contributed by atoms with Crippen LogP contribution in [0.4, 0.5) is 4.39 Å². The number of hydrogen-bond acceptors (Lipinski definition) is 7. The molecule has 2 aliphatic rings. The minimum atomic E-state index is -0.445. The highest BCUT2D eigenvalue weighted by Crippen LogP contribution is 2.36. The number of hydrogen-bond donors (Lipinski definition) is 0. The van der Waals surface area contributed by atoms with Crippen molar-refractivity contribution >= 4 is 17.6 Å². The van der Waals surface area contributed by atoms with E-state index in [9.17, 15) is 14.0 Å². The molecule has 4 rings (SSSR count). The molecule has 0 N–H and O–H groups in total. The van der Waals surface area contributed by atoms with Gasteiger partial charge in [-0.05, 0) is 56.1 Å². The van der Waals surface area contributed by atoms with Gasteiger partial charge in [0, 0.05) is 18.1 Å². The normalized spacial score (nSPS) is 20.1. The molecule has 36 heavy (non-hydrogen) atoms. The number of methoxy groups -OCH3 is 2. The fraction of sp³-hybridized carbons (Fsp3) is 0.444. The second-order valence-corrected chi connectivity index (χ2v) is 8.86. The number of esters is 1. The fourth-order valence-electron chi connectivity index (χ4n) is 4.82. The zero-order valence-corrected chi connectivity index (χ0v) is 20.9. The molecule has 1 saturated heterocycles. The van der Waals surface area contributed by atoms with Crippen molar-refractivity contribution in [2.75, 3.05) is 33.9 Å². The van der Waals surface area contributed by atoms with Crippen LogP contribution in [0.15, 0.2) is 47.6 Å². The molecule has 2 heterocycles. The van der Waals surface area contributed by atoms with E-state index in [0.29, 0.717) is 43.2 Å². The first-order valence-electron chi connectivity index (χ1n) is 12.2. The largest absolute Gasteiger partial charge is 0.497 e. The summed E-state index contributed by atoms with van der Waals surface area (Å²) in [5, 5.41) is 6.18. The summed E-state index contributed by atoms with van der Waals surface area (Å²) in [5.74, 6) is 0.348. The van der Waals surface area contributed by atoms with Gasteiger partial charge in [0.25, 0.3) is 5.91 Å². The van der Waals surface area contributed by atoms with Crippen molar-refractivity contribution < 1.29 is 28.2 Å². The molecule has 9 heteroatoms. The van der Waals surface area contributed by atoms with Crippen molar-refractivity contribution in [1.29, 1.82) is 0 Å². The molecule has 0 unspecified atom stereocenters. The Morgan fingerprint density at radius 2 is 1.86 bits per heavy atom. The predicted octanol–water partition coefficient (Wildman–Crippen LogP) is 3.94. The third kappa shape index (κ3) is 5.51. The maximum absolute atomic E-state index is 13.6. The monoisotopic (exact) mass is 497 g/mol. The molecule has 0 aliphatic carbocycles. The van der Waals surface area contributed by atoms with Crippen molar-refractivity contribution in [2.45, 2.75) is 44.7 Å². The minimum absolute atomic E-state index is 0.0394. The number of benzene rings is 2. The van der Waals surface area contributed by atoms with Crippen LogP contribution < -0.4 is 9.47 Å². The van der Waals surface area contributed by atoms with Gasteiger partial charge in [-0.25, -0.2) is 9.40 Å². The Kier molecular flexibility index (Phi) is 8.20. The molecule has 0 radical (unpaired) electrons. The second-order valence-electron chi connectivity index (χ2n) is 8.86. The summed E-state index contributed by atoms with van der Waals surface area (Å²) in [6.45, 7) is 2.75. The Morgan fingerprint density at radius 3 is 2.56 bits per heavy atom. The van der Waals surface area contributed by atoms with E-state index in [2.05, 4.69) is 0 Å². The van der Waals surface area contributed by atoms with Crippen molar-refractivity contribution in [3.05, 3.63) is 59.4 Å². The number of nitrogens with zero attached hydrogens (tertiary/aromatic N) is 3. The van der Waals surface area contributed by atoms with Gasteiger partial charge in [-0.15, -0.1) is 0 Å². The van der Waals surface area contributed by atoms with Gasteiger partial charge in [0.1, 0.15) is 23.4 Å². The average Bonchev–Trinajstić information content (AvgIpc) is 3.34. The van der Waals surface area contributed by atoms with Gasteiger partial charge in [-0.2, -0.15) is 5.10 Å². The van der Waals surface area contributed by atoms with E-state index in [4.69, 9.17) is 19.3 Å². The molecule has 0 bridgehead atoms. The lowest BCUT2D eigenvalue weighted by Crippen LogP contribution is -2.49. The van der Waals surface area contributed by atoms with Crippen LogP contribution in [0.3, 0.4) is 0 Å². The van der Waals surface area contributed by atoms with Gasteiger partial charge >= 0.3 is 5.97 Å². The van der Waals surface area contributed by atoms with Gasteiger partial charge in [-0.3, -0.25) is 14.5 Å². The molecular formula is C27H32FN3O5. The van der Waals surface area contributed by atoms with E-state index in [0.717, 1.165) is 24.0 Å². The number of carbonyl (C=O) groups excluding carboxylic acids is 2. The maximum atomic E-state index is 13.6. The van der Waals surface area contributed by atoms with Gasteiger partial charge in [0.15, 0.2) is 0 Å². The summed E-state index contributed by atoms with van der Waals surface area (Å²) in [6.07, 6.45) is 2.91. The molecule has 1 fully saturated rings. The Bertz CT molecular complexity index is 1120. The van der Waals surface area contributed by atoms with E-state index < -0.39 is 12.1 Å². The first-order valence-corrected chi connectivity index (χ1v) is 12.2. The van der Waals surface area contributed by atoms with Crippen LogP contribution in [-0.4, -0.2) is 67.5 Å². The van der Waals surface area contributed by atoms with Gasteiger partial charge in [0.05, 0.1) is 39.1 Å². The van der Waals surface area contributed by atoms with Crippen LogP contribution in [0.25, 0.3) is 0 Å². The highest BCUT2D eigenvalue weighted by Gasteiger charge is 2.37. The lowest BCUT2D eigenvalue weighted by Gasteiger charge is -2.34. The highest BCUT2D eigenvalue weighted by atomic mass is 19.1. The molecule has 8 nitrogen and oxygen atoms in total. The Morgan fingerprint density at radius 1 is 1.08 bits per heavy atom. The van der Waals surface area contributed by atoms with E-state index in [1.54, 1.807) is 39.3 Å². The van der Waals surface area contributed by atoms with E-state index >= 15 is 0 Å². The molecule has 2 atom stereocenters. The van der Waals surface area contributed by atoms with E-state index in [1.807, 2.05) is 17.0 Å². The molecule has 2 aliphatic heterocycles. The lowest BCUT2D eigenvalue weighted by molar-refractivity contribution is -0.152. The summed E-state index contributed by atoms with van der Waals surface area (Å²) >= 11 is 0. The average molecular weight is 498 g/mol. The van der Waals surface area contributed by atoms with Crippen LogP contribution in [0.1, 0.15) is 49.8 Å². The molecule has 0 saturated carbocycles. The topological polar surface area (TPSA) is 80.7 Å². The van der Waals surface area contributed by atoms with Crippen molar-refractivity contribution in [3.8, 4) is 11.5 Å². The minimum Gasteiger partial charge on any atom is -0.497 e. The number of carbonyl (C=O) groups is 2. The van der Waals surface area contributed by atoms with E-state index in [1.165, 1.54) is 17.1 Å². The van der Waals surface area contributed by atoms with Gasteiger partial charge in [-0.1, -0.05) is 18.6 Å². The Balaban J connectivity index is 1.64. The van der Waals surface area contributed by atoms with Crippen molar-refractivity contribution in [3.63, 3.8) is 0 Å². The molecule has 192 valence electrons. The summed E-state index contributed by atoms with van der Waals surface area (Å²) < 4.78 is 29.8. The number of rotatable bonds is 8. The third-order valence-corrected chi connectivity index (χ3v) is 6.65. The molecule has 0 spiro atoms. The molecule has 1 amide bonds. The van der Waals surface area contributed by atoms with Crippen molar-refractivity contribution in [2.24, 2.45) is 5.10 Å². The number of piperidine rings is 1. The number of likely N-dealkylation sites (tertiary alicyclic amines) is 1. The number of amides is 1. The Labute approximate surface area is 210 Å². The van der Waals surface area contributed by atoms with Gasteiger partial charge in [0.2, 0.25) is 0 Å². The number of ether oxygens (including phenoxy) is 3. The molecule has 0 aromatic heterocycles. The first kappa shape index (κ1) is 25.6. The van der Waals surface area contributed by atoms with Crippen LogP contribution in [0, 0.1) is 5.82 Å². The fourth-order valence-corrected chi connectivity index (χ4v) is 4.82. The predicted molar refractivity (Wildman–Crippen MR) is 133 cm³/mol. The summed E-state index contributed by atoms with van der Waals surface area (Å²) in [7, 11) is 3.15. The summed E-state index contributed by atoms with van der Waals surface area (Å²) in [4.78, 5) is 28.0. The zero-order chi connectivity index (χ0) is 25.7. The SMILES string of the molecule is CCOC(=O)[C@@H]1CCCCN1CC(=O)N1N=C(c2ccc(OC)cc2OC)C[C@H]1c1ccc(F)cc1. The molecule has 2 aromatic rings. The van der Waals surface area contributed by atoms with E-state index in [-0.39, 0.29) is 24.2 Å². The first-order chi connectivity index (χ1) is 17.4. The van der Waals surface area contributed by atoms with Crippen LogP contribution in [0.5, 0.6) is 11.5 Å². The van der Waals surface area contributed by atoms with Crippen molar-refractivity contribution in [1.82, 2.24) is 9.91 Å².